The van der Waals surface area contributed by atoms with Crippen molar-refractivity contribution in [2.24, 2.45) is 0 Å². The fourth-order valence-corrected chi connectivity index (χ4v) is 3.45. The molecule has 2 rings (SSSR count). The van der Waals surface area contributed by atoms with E-state index in [2.05, 4.69) is 26.5 Å². The maximum Gasteiger partial charge on any atom is 0.274 e. The van der Waals surface area contributed by atoms with Crippen LogP contribution in [0.15, 0.2) is 28.6 Å². The van der Waals surface area contributed by atoms with Crippen molar-refractivity contribution in [1.29, 1.82) is 0 Å². The molecule has 20 heavy (non-hydrogen) atoms. The fraction of sp³-hybridized carbons (Fsp3) is 0.167. The van der Waals surface area contributed by atoms with Gasteiger partial charge in [0.15, 0.2) is 4.21 Å². The van der Waals surface area contributed by atoms with E-state index in [0.29, 0.717) is 10.7 Å². The Labute approximate surface area is 120 Å². The molecule has 2 N–H and O–H groups in total. The van der Waals surface area contributed by atoms with Gasteiger partial charge in [-0.25, -0.2) is 18.4 Å². The van der Waals surface area contributed by atoms with Gasteiger partial charge in [0, 0.05) is 0 Å². The first-order valence-corrected chi connectivity index (χ1v) is 7.83. The molecule has 2 aromatic heterocycles. The second-order valence-corrected chi connectivity index (χ2v) is 6.82. The van der Waals surface area contributed by atoms with Crippen LogP contribution >= 0.6 is 11.3 Å². The number of rotatable bonds is 3. The number of nitrogens with zero attached hydrogens (tertiary/aromatic N) is 2. The largest absolute Gasteiger partial charge is 0.384 e. The summed E-state index contributed by atoms with van der Waals surface area (Å²) in [5, 5.41) is 9.28. The van der Waals surface area contributed by atoms with Gasteiger partial charge in [-0.05, 0) is 25.0 Å². The molecule has 0 unspecified atom stereocenters. The second kappa shape index (κ2) is 6.00. The highest BCUT2D eigenvalue weighted by atomic mass is 32.2. The monoisotopic (exact) mass is 309 g/mol. The van der Waals surface area contributed by atoms with Crippen LogP contribution in [0.2, 0.25) is 0 Å². The van der Waals surface area contributed by atoms with Gasteiger partial charge in [-0.1, -0.05) is 12.0 Å². The molecule has 0 amide bonds. The maximum atomic E-state index is 12.1. The van der Waals surface area contributed by atoms with Crippen molar-refractivity contribution >= 4 is 27.2 Å². The number of hydrogen-bond acceptors (Lipinski definition) is 6. The Morgan fingerprint density at radius 2 is 2.25 bits per heavy atom. The predicted octanol–water partition coefficient (Wildman–Crippen LogP) is 0.991. The van der Waals surface area contributed by atoms with Crippen molar-refractivity contribution in [3.05, 3.63) is 35.1 Å². The van der Waals surface area contributed by atoms with Gasteiger partial charge < -0.3 is 5.11 Å². The van der Waals surface area contributed by atoms with E-state index in [-0.39, 0.29) is 16.6 Å². The van der Waals surface area contributed by atoms with Crippen LogP contribution in [0.25, 0.3) is 0 Å². The van der Waals surface area contributed by atoms with Crippen molar-refractivity contribution in [2.45, 2.75) is 11.1 Å². The molecule has 2 aromatic rings. The first kappa shape index (κ1) is 14.5. The Kier molecular flexibility index (Phi) is 4.34. The summed E-state index contributed by atoms with van der Waals surface area (Å²) >= 11 is 1.08. The first-order valence-electron chi connectivity index (χ1n) is 5.53. The summed E-state index contributed by atoms with van der Waals surface area (Å²) in [6.45, 7) is 1.45. The molecule has 0 spiro atoms. The summed E-state index contributed by atoms with van der Waals surface area (Å²) < 4.78 is 26.7. The lowest BCUT2D eigenvalue weighted by Crippen LogP contribution is -2.12. The highest BCUT2D eigenvalue weighted by Crippen LogP contribution is 2.20. The standard InChI is InChI=1S/C12H11N3O3S2/c1-9-13-8-12(19-9)20(17,18)15-11-6-2-4-10(14-11)5-3-7-16/h2,4,6,8,16H,7H2,1H3,(H,14,15). The van der Waals surface area contributed by atoms with Crippen LogP contribution in [0, 0.1) is 18.8 Å². The minimum Gasteiger partial charge on any atom is -0.384 e. The summed E-state index contributed by atoms with van der Waals surface area (Å²) in [7, 11) is -3.68. The minimum atomic E-state index is -3.68. The molecule has 0 saturated heterocycles. The van der Waals surface area contributed by atoms with Crippen molar-refractivity contribution in [3.63, 3.8) is 0 Å². The van der Waals surface area contributed by atoms with Crippen molar-refractivity contribution in [3.8, 4) is 11.8 Å². The summed E-state index contributed by atoms with van der Waals surface area (Å²) in [5.74, 6) is 5.22. The van der Waals surface area contributed by atoms with Crippen molar-refractivity contribution < 1.29 is 13.5 Å². The van der Waals surface area contributed by atoms with Gasteiger partial charge in [-0.2, -0.15) is 0 Å². The first-order chi connectivity index (χ1) is 9.51. The van der Waals surface area contributed by atoms with E-state index in [1.165, 1.54) is 12.3 Å². The Balaban J connectivity index is 2.25. The van der Waals surface area contributed by atoms with E-state index < -0.39 is 10.0 Å². The van der Waals surface area contributed by atoms with Gasteiger partial charge in [0.25, 0.3) is 10.0 Å². The molecule has 0 aliphatic carbocycles. The average Bonchev–Trinajstić information content (AvgIpc) is 2.84. The second-order valence-electron chi connectivity index (χ2n) is 3.67. The number of aliphatic hydroxyl groups is 1. The summed E-state index contributed by atoms with van der Waals surface area (Å²) in [6.07, 6.45) is 1.30. The quantitative estimate of drug-likeness (QED) is 0.825. The molecule has 0 atom stereocenters. The predicted molar refractivity (Wildman–Crippen MR) is 75.9 cm³/mol. The highest BCUT2D eigenvalue weighted by Gasteiger charge is 2.17. The topological polar surface area (TPSA) is 92.2 Å². The summed E-state index contributed by atoms with van der Waals surface area (Å²) in [6, 6.07) is 4.77. The molecule has 0 aliphatic heterocycles. The minimum absolute atomic E-state index is 0.128. The molecule has 0 radical (unpaired) electrons. The molecule has 8 heteroatoms. The van der Waals surface area contributed by atoms with Gasteiger partial charge in [-0.3, -0.25) is 4.72 Å². The van der Waals surface area contributed by atoms with Crippen molar-refractivity contribution in [2.75, 3.05) is 11.3 Å². The molecule has 0 aliphatic rings. The summed E-state index contributed by atoms with van der Waals surface area (Å²) in [5.41, 5.74) is 0.375. The highest BCUT2D eigenvalue weighted by molar-refractivity contribution is 7.94. The SMILES string of the molecule is Cc1ncc(S(=O)(=O)Nc2cccc(C#CCO)n2)s1. The van der Waals surface area contributed by atoms with Gasteiger partial charge >= 0.3 is 0 Å². The maximum absolute atomic E-state index is 12.1. The van der Waals surface area contributed by atoms with Crippen LogP contribution in [-0.2, 0) is 10.0 Å². The van der Waals surface area contributed by atoms with Crippen LogP contribution in [0.3, 0.4) is 0 Å². The van der Waals surface area contributed by atoms with E-state index in [1.54, 1.807) is 19.1 Å². The number of pyridine rings is 1. The van der Waals surface area contributed by atoms with Crippen LogP contribution in [-0.4, -0.2) is 30.1 Å². The Morgan fingerprint density at radius 3 is 2.90 bits per heavy atom. The number of aryl methyl sites for hydroxylation is 1. The van der Waals surface area contributed by atoms with Crippen LogP contribution in [0.4, 0.5) is 5.82 Å². The van der Waals surface area contributed by atoms with E-state index in [1.807, 2.05) is 0 Å². The number of thiazole rings is 1. The normalized spacial score (nSPS) is 10.7. The number of aliphatic hydroxyl groups excluding tert-OH is 1. The van der Waals surface area contributed by atoms with E-state index in [9.17, 15) is 8.42 Å². The van der Waals surface area contributed by atoms with Crippen molar-refractivity contribution in [1.82, 2.24) is 9.97 Å². The molecule has 0 bridgehead atoms. The number of aromatic nitrogens is 2. The molecular formula is C12H11N3O3S2. The fourth-order valence-electron chi connectivity index (χ4n) is 1.35. The van der Waals surface area contributed by atoms with Crippen LogP contribution in [0.5, 0.6) is 0 Å². The third-order valence-electron chi connectivity index (χ3n) is 2.15. The van der Waals surface area contributed by atoms with Gasteiger partial charge in [0.1, 0.15) is 18.1 Å². The number of nitrogens with one attached hydrogen (secondary N) is 1. The van der Waals surface area contributed by atoms with Crippen LogP contribution < -0.4 is 4.72 Å². The third-order valence-corrected chi connectivity index (χ3v) is 4.88. The Bertz CT molecular complexity index is 772. The number of hydrogen-bond donors (Lipinski definition) is 2. The third kappa shape index (κ3) is 3.54. The molecule has 0 saturated carbocycles. The molecule has 104 valence electrons. The molecule has 0 fully saturated rings. The number of anilines is 1. The molecule has 2 heterocycles. The molecule has 6 nitrogen and oxygen atoms in total. The van der Waals surface area contributed by atoms with Gasteiger partial charge in [-0.15, -0.1) is 11.3 Å². The lowest BCUT2D eigenvalue weighted by molar-refractivity contribution is 0.350. The zero-order valence-corrected chi connectivity index (χ0v) is 12.1. The number of sulfonamides is 1. The zero-order chi connectivity index (χ0) is 14.6. The van der Waals surface area contributed by atoms with E-state index in [4.69, 9.17) is 5.11 Å². The Morgan fingerprint density at radius 1 is 1.45 bits per heavy atom. The zero-order valence-electron chi connectivity index (χ0n) is 10.5. The lowest BCUT2D eigenvalue weighted by Gasteiger charge is -2.04. The van der Waals surface area contributed by atoms with Gasteiger partial charge in [0.2, 0.25) is 0 Å². The van der Waals surface area contributed by atoms with Gasteiger partial charge in [0.05, 0.1) is 11.2 Å². The summed E-state index contributed by atoms with van der Waals surface area (Å²) in [4.78, 5) is 7.95. The average molecular weight is 309 g/mol. The Hall–Kier alpha value is -1.95. The lowest BCUT2D eigenvalue weighted by atomic mass is 10.3. The van der Waals surface area contributed by atoms with E-state index >= 15 is 0 Å². The molecular weight excluding hydrogens is 298 g/mol. The van der Waals surface area contributed by atoms with Crippen LogP contribution in [0.1, 0.15) is 10.7 Å². The molecule has 0 aromatic carbocycles. The smallest absolute Gasteiger partial charge is 0.274 e. The van der Waals surface area contributed by atoms with E-state index in [0.717, 1.165) is 11.3 Å².